The maximum absolute atomic E-state index is 11.2. The standard InChI is InChI=1S/C21H19ClN4O3/c1-3-29-19-9-8-17-16(21(19)22)10-25(23-17)11-18-15-7-5-4-6-14(15)13(2)26(24-18)12-20(27)28/h4-10H,2-3,11-12H2,1H3,(H,27,28). The molecule has 2 aromatic carbocycles. The van der Waals surface area contributed by atoms with Crippen LogP contribution < -0.4 is 4.74 Å². The Hall–Kier alpha value is -3.32. The summed E-state index contributed by atoms with van der Waals surface area (Å²) in [6.07, 6.45) is 1.84. The number of carboxylic acids is 1. The van der Waals surface area contributed by atoms with Gasteiger partial charge in [-0.2, -0.15) is 10.2 Å². The molecule has 0 atom stereocenters. The molecule has 8 heteroatoms. The van der Waals surface area contributed by atoms with E-state index in [-0.39, 0.29) is 6.54 Å². The van der Waals surface area contributed by atoms with Crippen LogP contribution in [0.5, 0.6) is 5.75 Å². The Morgan fingerprint density at radius 2 is 2.00 bits per heavy atom. The van der Waals surface area contributed by atoms with Crippen LogP contribution in [0.2, 0.25) is 5.02 Å². The lowest BCUT2D eigenvalue weighted by Crippen LogP contribution is -2.30. The number of aliphatic carboxylic acids is 1. The summed E-state index contributed by atoms with van der Waals surface area (Å²) in [5.74, 6) is -0.362. The number of carboxylic acid groups (broad SMARTS) is 1. The van der Waals surface area contributed by atoms with Gasteiger partial charge in [0.1, 0.15) is 12.3 Å². The topological polar surface area (TPSA) is 80.0 Å². The Morgan fingerprint density at radius 3 is 2.72 bits per heavy atom. The number of benzene rings is 2. The molecule has 1 aromatic heterocycles. The fourth-order valence-electron chi connectivity index (χ4n) is 3.35. The summed E-state index contributed by atoms with van der Waals surface area (Å²) in [6, 6.07) is 11.3. The minimum Gasteiger partial charge on any atom is -0.492 e. The number of nitrogens with zero attached hydrogens (tertiary/aromatic N) is 4. The number of fused-ring (bicyclic) bond motifs is 2. The molecule has 0 unspecified atom stereocenters. The molecule has 0 aliphatic carbocycles. The number of hydrogen-bond acceptors (Lipinski definition) is 5. The lowest BCUT2D eigenvalue weighted by Gasteiger charge is -2.28. The Bertz CT molecular complexity index is 1150. The van der Waals surface area contributed by atoms with Crippen molar-refractivity contribution in [2.45, 2.75) is 13.5 Å². The summed E-state index contributed by atoms with van der Waals surface area (Å²) < 4.78 is 7.29. The minimum atomic E-state index is -0.978. The summed E-state index contributed by atoms with van der Waals surface area (Å²) in [5, 5.41) is 21.0. The lowest BCUT2D eigenvalue weighted by atomic mass is 9.99. The summed E-state index contributed by atoms with van der Waals surface area (Å²) in [6.45, 7) is 6.53. The average molecular weight is 411 g/mol. The Kier molecular flexibility index (Phi) is 4.98. The van der Waals surface area contributed by atoms with Crippen LogP contribution in [0, 0.1) is 0 Å². The normalized spacial score (nSPS) is 13.4. The van der Waals surface area contributed by atoms with E-state index in [4.69, 9.17) is 16.3 Å². The predicted octanol–water partition coefficient (Wildman–Crippen LogP) is 3.86. The lowest BCUT2D eigenvalue weighted by molar-refractivity contribution is -0.137. The Labute approximate surface area is 172 Å². The first kappa shape index (κ1) is 19.0. The smallest absolute Gasteiger partial charge is 0.325 e. The zero-order chi connectivity index (χ0) is 20.5. The highest BCUT2D eigenvalue weighted by atomic mass is 35.5. The molecule has 3 aromatic rings. The third kappa shape index (κ3) is 3.56. The van der Waals surface area contributed by atoms with Crippen LogP contribution in [0.1, 0.15) is 18.1 Å². The molecule has 0 spiro atoms. The van der Waals surface area contributed by atoms with E-state index in [2.05, 4.69) is 16.8 Å². The van der Waals surface area contributed by atoms with Crippen molar-refractivity contribution in [2.75, 3.05) is 13.2 Å². The minimum absolute atomic E-state index is 0.263. The van der Waals surface area contributed by atoms with Crippen molar-refractivity contribution >= 4 is 39.9 Å². The second kappa shape index (κ2) is 7.60. The van der Waals surface area contributed by atoms with Crippen molar-refractivity contribution in [3.8, 4) is 5.75 Å². The quantitative estimate of drug-likeness (QED) is 0.667. The highest BCUT2D eigenvalue weighted by molar-refractivity contribution is 6.36. The third-order valence-corrected chi connectivity index (χ3v) is 5.02. The van der Waals surface area contributed by atoms with Gasteiger partial charge in [-0.3, -0.25) is 14.5 Å². The summed E-state index contributed by atoms with van der Waals surface area (Å²) in [7, 11) is 0. The molecule has 0 saturated carbocycles. The van der Waals surface area contributed by atoms with E-state index in [1.165, 1.54) is 5.01 Å². The second-order valence-corrected chi connectivity index (χ2v) is 6.94. The Balaban J connectivity index is 1.72. The maximum Gasteiger partial charge on any atom is 0.325 e. The van der Waals surface area contributed by atoms with E-state index in [1.807, 2.05) is 43.5 Å². The molecule has 0 saturated heterocycles. The number of aromatic nitrogens is 2. The SMILES string of the molecule is C=C1c2ccccc2C(Cn2cc3c(Cl)c(OCC)ccc3n2)=NN1CC(=O)O. The van der Waals surface area contributed by atoms with Crippen molar-refractivity contribution < 1.29 is 14.6 Å². The van der Waals surface area contributed by atoms with Crippen LogP contribution in [-0.4, -0.2) is 44.7 Å². The fourth-order valence-corrected chi connectivity index (χ4v) is 3.61. The molecule has 0 amide bonds. The zero-order valence-electron chi connectivity index (χ0n) is 15.8. The number of halogens is 1. The average Bonchev–Trinajstić information content (AvgIpc) is 3.11. The molecule has 4 rings (SSSR count). The third-order valence-electron chi connectivity index (χ3n) is 4.63. The van der Waals surface area contributed by atoms with Crippen LogP contribution in [-0.2, 0) is 11.3 Å². The summed E-state index contributed by atoms with van der Waals surface area (Å²) in [4.78, 5) is 11.2. The number of ether oxygens (including phenoxy) is 1. The van der Waals surface area contributed by atoms with E-state index >= 15 is 0 Å². The molecule has 29 heavy (non-hydrogen) atoms. The van der Waals surface area contributed by atoms with Gasteiger partial charge in [0.2, 0.25) is 0 Å². The van der Waals surface area contributed by atoms with Crippen molar-refractivity contribution in [1.82, 2.24) is 14.8 Å². The number of rotatable bonds is 6. The molecule has 1 N–H and O–H groups in total. The summed E-state index contributed by atoms with van der Waals surface area (Å²) in [5.41, 5.74) is 3.76. The van der Waals surface area contributed by atoms with Gasteiger partial charge in [0, 0.05) is 22.7 Å². The van der Waals surface area contributed by atoms with Gasteiger partial charge < -0.3 is 9.84 Å². The first-order chi connectivity index (χ1) is 14.0. The van der Waals surface area contributed by atoms with E-state index < -0.39 is 5.97 Å². The second-order valence-electron chi connectivity index (χ2n) is 6.56. The molecule has 1 aliphatic heterocycles. The van der Waals surface area contributed by atoms with Crippen LogP contribution in [0.3, 0.4) is 0 Å². The molecule has 0 radical (unpaired) electrons. The largest absolute Gasteiger partial charge is 0.492 e. The zero-order valence-corrected chi connectivity index (χ0v) is 16.6. The molecule has 0 bridgehead atoms. The van der Waals surface area contributed by atoms with Crippen molar-refractivity contribution in [3.63, 3.8) is 0 Å². The van der Waals surface area contributed by atoms with Gasteiger partial charge in [-0.1, -0.05) is 42.4 Å². The fraction of sp³-hybridized carbons (Fsp3) is 0.190. The number of carbonyl (C=O) groups is 1. The predicted molar refractivity (Wildman–Crippen MR) is 112 cm³/mol. The van der Waals surface area contributed by atoms with Gasteiger partial charge in [-0.15, -0.1) is 0 Å². The van der Waals surface area contributed by atoms with E-state index in [9.17, 15) is 9.90 Å². The van der Waals surface area contributed by atoms with Crippen LogP contribution in [0.15, 0.2) is 54.3 Å². The molecular formula is C21H19ClN4O3. The van der Waals surface area contributed by atoms with Crippen molar-refractivity contribution in [1.29, 1.82) is 0 Å². The van der Waals surface area contributed by atoms with Crippen LogP contribution in [0.4, 0.5) is 0 Å². The van der Waals surface area contributed by atoms with Gasteiger partial charge in [0.15, 0.2) is 0 Å². The number of hydrogen-bond donors (Lipinski definition) is 1. The van der Waals surface area contributed by atoms with Gasteiger partial charge in [0.25, 0.3) is 0 Å². The van der Waals surface area contributed by atoms with Crippen molar-refractivity contribution in [2.24, 2.45) is 5.10 Å². The molecule has 148 valence electrons. The van der Waals surface area contributed by atoms with Gasteiger partial charge >= 0.3 is 5.97 Å². The highest BCUT2D eigenvalue weighted by Crippen LogP contribution is 2.33. The van der Waals surface area contributed by atoms with Crippen LogP contribution in [0.25, 0.3) is 16.6 Å². The number of hydrazone groups is 1. The maximum atomic E-state index is 11.2. The van der Waals surface area contributed by atoms with E-state index in [0.29, 0.717) is 35.3 Å². The van der Waals surface area contributed by atoms with E-state index in [1.54, 1.807) is 10.7 Å². The first-order valence-electron chi connectivity index (χ1n) is 9.12. The Morgan fingerprint density at radius 1 is 1.24 bits per heavy atom. The van der Waals surface area contributed by atoms with Crippen LogP contribution >= 0.6 is 11.6 Å². The first-order valence-corrected chi connectivity index (χ1v) is 9.49. The molecule has 0 fully saturated rings. The molecule has 2 heterocycles. The molecule has 1 aliphatic rings. The van der Waals surface area contributed by atoms with Gasteiger partial charge in [-0.25, -0.2) is 0 Å². The van der Waals surface area contributed by atoms with Gasteiger partial charge in [-0.05, 0) is 19.1 Å². The summed E-state index contributed by atoms with van der Waals surface area (Å²) >= 11 is 6.46. The molecule has 7 nitrogen and oxygen atoms in total. The monoisotopic (exact) mass is 410 g/mol. The molecular weight excluding hydrogens is 392 g/mol. The van der Waals surface area contributed by atoms with Gasteiger partial charge in [0.05, 0.1) is 35.1 Å². The van der Waals surface area contributed by atoms with Crippen molar-refractivity contribution in [3.05, 3.63) is 65.3 Å². The highest BCUT2D eigenvalue weighted by Gasteiger charge is 2.24. The van der Waals surface area contributed by atoms with E-state index in [0.717, 1.165) is 22.0 Å².